The van der Waals surface area contributed by atoms with Crippen molar-refractivity contribution in [3.63, 3.8) is 0 Å². The lowest BCUT2D eigenvalue weighted by molar-refractivity contribution is -0.139. The Hall–Kier alpha value is -2.55. The largest absolute Gasteiger partial charge is 0.465 e. The molecule has 1 fully saturated rings. The Bertz CT molecular complexity index is 1230. The number of carbonyl (C=O) groups is 2. The highest BCUT2D eigenvalue weighted by atomic mass is 35.5. The number of likely N-dealkylation sites (tertiary alicyclic amines) is 1. The van der Waals surface area contributed by atoms with Gasteiger partial charge in [0.15, 0.2) is 0 Å². The smallest absolute Gasteiger partial charge is 0.405 e. The maximum atomic E-state index is 13.1. The van der Waals surface area contributed by atoms with Gasteiger partial charge in [0.2, 0.25) is 5.91 Å². The van der Waals surface area contributed by atoms with Gasteiger partial charge in [0.05, 0.1) is 21.0 Å². The van der Waals surface area contributed by atoms with Gasteiger partial charge in [-0.05, 0) is 30.7 Å². The molecule has 7 nitrogen and oxygen atoms in total. The van der Waals surface area contributed by atoms with Gasteiger partial charge in [0, 0.05) is 34.9 Å². The Morgan fingerprint density at radius 2 is 1.97 bits per heavy atom. The first-order valence-electron chi connectivity index (χ1n) is 9.02. The number of thiophene rings is 1. The van der Waals surface area contributed by atoms with Gasteiger partial charge in [0.1, 0.15) is 6.54 Å². The molecule has 2 N–H and O–H groups in total. The molecule has 0 saturated carbocycles. The van der Waals surface area contributed by atoms with E-state index >= 15 is 0 Å². The number of rotatable bonds is 4. The summed E-state index contributed by atoms with van der Waals surface area (Å²) in [5.74, 6) is -0.243. The number of hydrogen-bond donors (Lipinski definition) is 2. The van der Waals surface area contributed by atoms with E-state index in [-0.39, 0.29) is 31.1 Å². The molecule has 1 aliphatic heterocycles. The normalized spacial score (nSPS) is 15.1. The third-order valence-corrected chi connectivity index (χ3v) is 6.76. The Morgan fingerprint density at radius 3 is 2.63 bits per heavy atom. The second-order valence-corrected chi connectivity index (χ2v) is 9.23. The van der Waals surface area contributed by atoms with Crippen molar-refractivity contribution in [2.24, 2.45) is 0 Å². The van der Waals surface area contributed by atoms with E-state index < -0.39 is 11.6 Å². The number of nitrogens with one attached hydrogen (secondary N) is 1. The minimum atomic E-state index is -1.13. The first kappa shape index (κ1) is 20.7. The predicted octanol–water partition coefficient (Wildman–Crippen LogP) is 3.91. The number of pyridine rings is 1. The fraction of sp³-hybridized carbons (Fsp3) is 0.250. The Kier molecular flexibility index (Phi) is 5.25. The summed E-state index contributed by atoms with van der Waals surface area (Å²) in [6.45, 7) is 2.15. The number of nitrogens with zero attached hydrogens (tertiary/aromatic N) is 2. The van der Waals surface area contributed by atoms with Crippen LogP contribution in [-0.2, 0) is 11.3 Å². The topological polar surface area (TPSA) is 91.6 Å². The summed E-state index contributed by atoms with van der Waals surface area (Å²) in [6, 6.07) is 7.00. The molecule has 2 amide bonds. The lowest BCUT2D eigenvalue weighted by Gasteiger charge is -2.47. The molecule has 0 atom stereocenters. The molecule has 30 heavy (non-hydrogen) atoms. The quantitative estimate of drug-likeness (QED) is 0.610. The number of fused-ring (bicyclic) bond motifs is 1. The first-order chi connectivity index (χ1) is 14.2. The Labute approximate surface area is 185 Å². The van der Waals surface area contributed by atoms with Crippen molar-refractivity contribution in [3.8, 4) is 11.1 Å². The second kappa shape index (κ2) is 7.61. The maximum absolute atomic E-state index is 13.1. The van der Waals surface area contributed by atoms with Gasteiger partial charge in [0.25, 0.3) is 5.56 Å². The molecular weight excluding hydrogens is 449 g/mol. The number of halogens is 2. The van der Waals surface area contributed by atoms with Gasteiger partial charge < -0.3 is 19.9 Å². The van der Waals surface area contributed by atoms with Gasteiger partial charge in [-0.3, -0.25) is 9.59 Å². The molecule has 4 rings (SSSR count). The molecule has 0 bridgehead atoms. The number of benzene rings is 1. The molecule has 0 spiro atoms. The van der Waals surface area contributed by atoms with Crippen LogP contribution in [0.2, 0.25) is 10.0 Å². The average molecular weight is 466 g/mol. The highest BCUT2D eigenvalue weighted by Gasteiger charge is 2.42. The van der Waals surface area contributed by atoms with E-state index in [9.17, 15) is 14.4 Å². The monoisotopic (exact) mass is 465 g/mol. The minimum Gasteiger partial charge on any atom is -0.465 e. The summed E-state index contributed by atoms with van der Waals surface area (Å²) in [5.41, 5.74) is 0.581. The van der Waals surface area contributed by atoms with Crippen LogP contribution in [0, 0.1) is 0 Å². The third kappa shape index (κ3) is 3.78. The average Bonchev–Trinajstić information content (AvgIpc) is 3.08. The summed E-state index contributed by atoms with van der Waals surface area (Å²) < 4.78 is 2.19. The molecule has 3 aromatic rings. The summed E-state index contributed by atoms with van der Waals surface area (Å²) >= 11 is 13.6. The zero-order chi connectivity index (χ0) is 21.6. The first-order valence-corrected chi connectivity index (χ1v) is 10.7. The van der Waals surface area contributed by atoms with Crippen molar-refractivity contribution in [1.29, 1.82) is 0 Å². The summed E-state index contributed by atoms with van der Waals surface area (Å²) in [7, 11) is 0. The van der Waals surface area contributed by atoms with Crippen LogP contribution < -0.4 is 10.9 Å². The fourth-order valence-electron chi connectivity index (χ4n) is 3.64. The standard InChI is InChI=1S/C20H17Cl2N3O4S/c1-20(23-19(28)29)9-25(10-20)16(26)7-24-5-4-15-17(18(24)27)12(8-30-15)11-2-3-13(21)14(22)6-11/h2-6,8,23H,7,9-10H2,1H3,(H,28,29). The molecule has 10 heteroatoms. The summed E-state index contributed by atoms with van der Waals surface area (Å²) in [4.78, 5) is 38.1. The van der Waals surface area contributed by atoms with Crippen molar-refractivity contribution in [2.75, 3.05) is 13.1 Å². The van der Waals surface area contributed by atoms with Crippen molar-refractivity contribution in [1.82, 2.24) is 14.8 Å². The van der Waals surface area contributed by atoms with Crippen LogP contribution in [0.25, 0.3) is 21.2 Å². The van der Waals surface area contributed by atoms with E-state index in [1.54, 1.807) is 31.3 Å². The summed E-state index contributed by atoms with van der Waals surface area (Å²) in [6.07, 6.45) is 0.477. The number of hydrogen-bond acceptors (Lipinski definition) is 4. The number of carbonyl (C=O) groups excluding carboxylic acids is 1. The minimum absolute atomic E-state index is 0.116. The highest BCUT2D eigenvalue weighted by molar-refractivity contribution is 7.17. The van der Waals surface area contributed by atoms with E-state index in [0.29, 0.717) is 15.4 Å². The van der Waals surface area contributed by atoms with Crippen LogP contribution in [0.3, 0.4) is 0 Å². The zero-order valence-corrected chi connectivity index (χ0v) is 18.1. The molecule has 3 heterocycles. The van der Waals surface area contributed by atoms with Crippen LogP contribution in [0.1, 0.15) is 6.92 Å². The van der Waals surface area contributed by atoms with Crippen molar-refractivity contribution < 1.29 is 14.7 Å². The van der Waals surface area contributed by atoms with E-state index in [0.717, 1.165) is 15.8 Å². The molecule has 0 unspecified atom stereocenters. The maximum Gasteiger partial charge on any atom is 0.405 e. The van der Waals surface area contributed by atoms with Gasteiger partial charge in [-0.1, -0.05) is 29.3 Å². The molecule has 0 aliphatic carbocycles. The van der Waals surface area contributed by atoms with E-state index in [4.69, 9.17) is 28.3 Å². The Balaban J connectivity index is 1.60. The third-order valence-electron chi connectivity index (χ3n) is 5.08. The lowest BCUT2D eigenvalue weighted by atomic mass is 9.92. The van der Waals surface area contributed by atoms with Crippen LogP contribution in [0.5, 0.6) is 0 Å². The lowest BCUT2D eigenvalue weighted by Crippen LogP contribution is -2.69. The van der Waals surface area contributed by atoms with E-state index in [1.165, 1.54) is 20.8 Å². The van der Waals surface area contributed by atoms with Gasteiger partial charge in [-0.2, -0.15) is 0 Å². The SMILES string of the molecule is CC1(NC(=O)O)CN(C(=O)Cn2ccc3scc(-c4ccc(Cl)c(Cl)c4)c3c2=O)C1. The van der Waals surface area contributed by atoms with Crippen LogP contribution >= 0.6 is 34.5 Å². The highest BCUT2D eigenvalue weighted by Crippen LogP contribution is 2.35. The van der Waals surface area contributed by atoms with Gasteiger partial charge >= 0.3 is 6.09 Å². The number of carboxylic acid groups (broad SMARTS) is 1. The Morgan fingerprint density at radius 1 is 1.23 bits per heavy atom. The van der Waals surface area contributed by atoms with Crippen LogP contribution in [0.15, 0.2) is 40.6 Å². The number of aromatic nitrogens is 1. The molecule has 2 aromatic heterocycles. The molecule has 1 aliphatic rings. The molecule has 156 valence electrons. The number of amides is 2. The van der Waals surface area contributed by atoms with Gasteiger partial charge in [-0.25, -0.2) is 4.79 Å². The van der Waals surface area contributed by atoms with E-state index in [2.05, 4.69) is 5.32 Å². The van der Waals surface area contributed by atoms with E-state index in [1.807, 2.05) is 11.4 Å². The van der Waals surface area contributed by atoms with Crippen LogP contribution in [-0.4, -0.2) is 45.2 Å². The van der Waals surface area contributed by atoms with Crippen molar-refractivity contribution in [2.45, 2.75) is 19.0 Å². The molecule has 1 aromatic carbocycles. The second-order valence-electron chi connectivity index (χ2n) is 7.51. The fourth-order valence-corrected chi connectivity index (χ4v) is 4.89. The predicted molar refractivity (Wildman–Crippen MR) is 118 cm³/mol. The van der Waals surface area contributed by atoms with Gasteiger partial charge in [-0.15, -0.1) is 11.3 Å². The summed E-state index contributed by atoms with van der Waals surface area (Å²) in [5, 5.41) is 14.5. The van der Waals surface area contributed by atoms with Crippen molar-refractivity contribution in [3.05, 3.63) is 56.2 Å². The van der Waals surface area contributed by atoms with Crippen molar-refractivity contribution >= 4 is 56.6 Å². The molecule has 1 saturated heterocycles. The molecular formula is C20H17Cl2N3O4S. The molecule has 0 radical (unpaired) electrons. The zero-order valence-electron chi connectivity index (χ0n) is 15.8. The van der Waals surface area contributed by atoms with Crippen LogP contribution in [0.4, 0.5) is 4.79 Å².